The molecule has 8 heteroatoms. The number of ether oxygens (including phenoxy) is 1. The van der Waals surface area contributed by atoms with Gasteiger partial charge in [-0.15, -0.1) is 0 Å². The summed E-state index contributed by atoms with van der Waals surface area (Å²) in [5.41, 5.74) is 1.06. The van der Waals surface area contributed by atoms with Gasteiger partial charge < -0.3 is 14.5 Å². The second-order valence-electron chi connectivity index (χ2n) is 10.3. The Morgan fingerprint density at radius 2 is 1.78 bits per heavy atom. The molecule has 2 aromatic rings. The summed E-state index contributed by atoms with van der Waals surface area (Å²) in [7, 11) is 0. The van der Waals surface area contributed by atoms with Gasteiger partial charge in [-0.05, 0) is 34.8 Å². The summed E-state index contributed by atoms with van der Waals surface area (Å²) in [5.74, 6) is -1.36. The van der Waals surface area contributed by atoms with Crippen molar-refractivity contribution in [3.05, 3.63) is 77.4 Å². The molecule has 2 aromatic carbocycles. The molecular formula is C28H33F2N3O3. The van der Waals surface area contributed by atoms with Crippen LogP contribution in [0.1, 0.15) is 37.9 Å². The molecule has 0 aromatic heterocycles. The maximum Gasteiger partial charge on any atom is 0.241 e. The highest BCUT2D eigenvalue weighted by Gasteiger charge is 2.40. The molecule has 2 aliphatic heterocycles. The number of hydrogen-bond acceptors (Lipinski definition) is 4. The molecule has 6 nitrogen and oxygen atoms in total. The molecule has 0 saturated carbocycles. The van der Waals surface area contributed by atoms with Crippen LogP contribution in [0.15, 0.2) is 54.6 Å². The molecule has 0 radical (unpaired) electrons. The number of nitrogens with one attached hydrogen (secondary N) is 1. The maximum atomic E-state index is 14.6. The SMILES string of the molecule is CC(C)(C)C(NCC(=O)N1CCOCC1)C(=O)N1CC(c2cc(F)ccc2F)=CC1c1ccccc1. The number of carbonyl (C=O) groups excluding carboxylic acids is 2. The summed E-state index contributed by atoms with van der Waals surface area (Å²) in [6.45, 7) is 8.05. The smallest absolute Gasteiger partial charge is 0.241 e. The monoisotopic (exact) mass is 497 g/mol. The minimum Gasteiger partial charge on any atom is -0.378 e. The van der Waals surface area contributed by atoms with E-state index in [1.54, 1.807) is 9.80 Å². The van der Waals surface area contributed by atoms with E-state index in [1.807, 2.05) is 57.2 Å². The van der Waals surface area contributed by atoms with Gasteiger partial charge in [-0.3, -0.25) is 14.9 Å². The second kappa shape index (κ2) is 10.9. The van der Waals surface area contributed by atoms with E-state index in [2.05, 4.69) is 5.32 Å². The molecule has 0 bridgehead atoms. The van der Waals surface area contributed by atoms with Gasteiger partial charge in [0.15, 0.2) is 0 Å². The van der Waals surface area contributed by atoms with Crippen LogP contribution < -0.4 is 5.32 Å². The standard InChI is InChI=1S/C28H33F2N3O3/c1-28(2,3)26(31-17-25(34)32-11-13-36-14-12-32)27(35)33-18-20(22-16-21(29)9-10-23(22)30)15-24(33)19-7-5-4-6-8-19/h4-10,15-16,24,26,31H,11-14,17-18H2,1-3H3. The lowest BCUT2D eigenvalue weighted by atomic mass is 9.85. The number of morpholine rings is 1. The Morgan fingerprint density at radius 1 is 1.08 bits per heavy atom. The number of carbonyl (C=O) groups is 2. The minimum absolute atomic E-state index is 0.0241. The predicted octanol–water partition coefficient (Wildman–Crippen LogP) is 3.79. The molecule has 4 rings (SSSR count). The van der Waals surface area contributed by atoms with E-state index in [1.165, 1.54) is 0 Å². The quantitative estimate of drug-likeness (QED) is 0.660. The predicted molar refractivity (Wildman–Crippen MR) is 134 cm³/mol. The summed E-state index contributed by atoms with van der Waals surface area (Å²) in [6.07, 6.45) is 1.82. The van der Waals surface area contributed by atoms with Crippen molar-refractivity contribution < 1.29 is 23.1 Å². The van der Waals surface area contributed by atoms with Gasteiger partial charge in [0, 0.05) is 25.2 Å². The van der Waals surface area contributed by atoms with Crippen LogP contribution in [0.4, 0.5) is 8.78 Å². The van der Waals surface area contributed by atoms with Crippen LogP contribution in [0.3, 0.4) is 0 Å². The van der Waals surface area contributed by atoms with Crippen LogP contribution in [-0.4, -0.2) is 67.0 Å². The summed E-state index contributed by atoms with van der Waals surface area (Å²) in [6, 6.07) is 11.7. The van der Waals surface area contributed by atoms with Gasteiger partial charge >= 0.3 is 0 Å². The fourth-order valence-corrected chi connectivity index (χ4v) is 4.72. The lowest BCUT2D eigenvalue weighted by Crippen LogP contribution is -2.55. The Labute approximate surface area is 210 Å². The minimum atomic E-state index is -0.668. The van der Waals surface area contributed by atoms with E-state index >= 15 is 0 Å². The first-order chi connectivity index (χ1) is 17.1. The van der Waals surface area contributed by atoms with Crippen molar-refractivity contribution in [1.82, 2.24) is 15.1 Å². The highest BCUT2D eigenvalue weighted by molar-refractivity contribution is 5.88. The van der Waals surface area contributed by atoms with Gasteiger partial charge in [-0.1, -0.05) is 57.2 Å². The second-order valence-corrected chi connectivity index (χ2v) is 10.3. The van der Waals surface area contributed by atoms with Crippen molar-refractivity contribution in [2.24, 2.45) is 5.41 Å². The fourth-order valence-electron chi connectivity index (χ4n) is 4.72. The third-order valence-corrected chi connectivity index (χ3v) is 6.67. The molecule has 2 amide bonds. The zero-order chi connectivity index (χ0) is 25.9. The summed E-state index contributed by atoms with van der Waals surface area (Å²) >= 11 is 0. The molecule has 2 aliphatic rings. The summed E-state index contributed by atoms with van der Waals surface area (Å²) in [5, 5.41) is 3.20. The Morgan fingerprint density at radius 3 is 2.44 bits per heavy atom. The molecule has 1 fully saturated rings. The molecule has 1 N–H and O–H groups in total. The van der Waals surface area contributed by atoms with Crippen molar-refractivity contribution in [3.8, 4) is 0 Å². The van der Waals surface area contributed by atoms with Crippen LogP contribution in [-0.2, 0) is 14.3 Å². The number of amides is 2. The normalized spacial score (nSPS) is 19.2. The van der Waals surface area contributed by atoms with Crippen LogP contribution in [0.5, 0.6) is 0 Å². The highest BCUT2D eigenvalue weighted by Crippen LogP contribution is 2.37. The van der Waals surface area contributed by atoms with Gasteiger partial charge in [0.05, 0.1) is 31.8 Å². The molecule has 1 saturated heterocycles. The van der Waals surface area contributed by atoms with Crippen molar-refractivity contribution in [3.63, 3.8) is 0 Å². The molecular weight excluding hydrogens is 464 g/mol. The molecule has 192 valence electrons. The summed E-state index contributed by atoms with van der Waals surface area (Å²) in [4.78, 5) is 30.2. The first-order valence-electron chi connectivity index (χ1n) is 12.3. The number of hydrogen-bond donors (Lipinski definition) is 1. The molecule has 2 unspecified atom stereocenters. The first-order valence-corrected chi connectivity index (χ1v) is 12.3. The van der Waals surface area contributed by atoms with Crippen LogP contribution >= 0.6 is 0 Å². The van der Waals surface area contributed by atoms with Gasteiger partial charge in [-0.25, -0.2) is 8.78 Å². The van der Waals surface area contributed by atoms with Gasteiger partial charge in [0.25, 0.3) is 0 Å². The van der Waals surface area contributed by atoms with E-state index in [9.17, 15) is 18.4 Å². The third-order valence-electron chi connectivity index (χ3n) is 6.67. The molecule has 2 atom stereocenters. The van der Waals surface area contributed by atoms with Crippen LogP contribution in [0, 0.1) is 17.0 Å². The van der Waals surface area contributed by atoms with Crippen molar-refractivity contribution >= 4 is 17.4 Å². The average molecular weight is 498 g/mol. The Bertz CT molecular complexity index is 1120. The Balaban J connectivity index is 1.60. The molecule has 2 heterocycles. The zero-order valence-electron chi connectivity index (χ0n) is 21.0. The largest absolute Gasteiger partial charge is 0.378 e. The van der Waals surface area contributed by atoms with Crippen LogP contribution in [0.2, 0.25) is 0 Å². The van der Waals surface area contributed by atoms with E-state index < -0.39 is 29.1 Å². The number of rotatable bonds is 6. The third kappa shape index (κ3) is 5.82. The zero-order valence-corrected chi connectivity index (χ0v) is 21.0. The lowest BCUT2D eigenvalue weighted by Gasteiger charge is -2.36. The van der Waals surface area contributed by atoms with E-state index in [4.69, 9.17) is 4.74 Å². The van der Waals surface area contributed by atoms with Crippen molar-refractivity contribution in [2.45, 2.75) is 32.9 Å². The number of benzene rings is 2. The molecule has 0 spiro atoms. The van der Waals surface area contributed by atoms with Crippen LogP contribution in [0.25, 0.3) is 5.57 Å². The van der Waals surface area contributed by atoms with Crippen molar-refractivity contribution in [1.29, 1.82) is 0 Å². The van der Waals surface area contributed by atoms with E-state index in [0.717, 1.165) is 23.8 Å². The lowest BCUT2D eigenvalue weighted by molar-refractivity contribution is -0.138. The number of halogens is 2. The Kier molecular flexibility index (Phi) is 7.85. The van der Waals surface area contributed by atoms with E-state index in [0.29, 0.717) is 31.9 Å². The van der Waals surface area contributed by atoms with Crippen molar-refractivity contribution in [2.75, 3.05) is 39.4 Å². The maximum absolute atomic E-state index is 14.6. The Hall–Kier alpha value is -3.10. The van der Waals surface area contributed by atoms with Gasteiger partial charge in [0.1, 0.15) is 11.6 Å². The summed E-state index contributed by atoms with van der Waals surface area (Å²) < 4.78 is 33.9. The number of nitrogens with zero attached hydrogens (tertiary/aromatic N) is 2. The highest BCUT2D eigenvalue weighted by atomic mass is 19.1. The van der Waals surface area contributed by atoms with Gasteiger partial charge in [0.2, 0.25) is 11.8 Å². The fraction of sp³-hybridized carbons (Fsp3) is 0.429. The topological polar surface area (TPSA) is 61.9 Å². The average Bonchev–Trinajstić information content (AvgIpc) is 3.31. The van der Waals surface area contributed by atoms with E-state index in [-0.39, 0.29) is 30.5 Å². The molecule has 36 heavy (non-hydrogen) atoms. The molecule has 0 aliphatic carbocycles. The van der Waals surface area contributed by atoms with Gasteiger partial charge in [-0.2, -0.15) is 0 Å². The first kappa shape index (κ1) is 26.0.